The van der Waals surface area contributed by atoms with Crippen molar-refractivity contribution in [3.05, 3.63) is 54.1 Å². The minimum absolute atomic E-state index is 0.209. The van der Waals surface area contributed by atoms with Gasteiger partial charge in [-0.25, -0.2) is 0 Å². The minimum Gasteiger partial charge on any atom is -0.492 e. The molecule has 2 aromatic rings. The van der Waals surface area contributed by atoms with Gasteiger partial charge in [-0.3, -0.25) is 4.79 Å². The first-order valence-electron chi connectivity index (χ1n) is 7.92. The van der Waals surface area contributed by atoms with Crippen molar-refractivity contribution in [1.29, 1.82) is 0 Å². The second-order valence-electron chi connectivity index (χ2n) is 5.18. The van der Waals surface area contributed by atoms with Gasteiger partial charge >= 0.3 is 0 Å². The number of para-hydroxylation sites is 2. The summed E-state index contributed by atoms with van der Waals surface area (Å²) in [4.78, 5) is 12.3. The maximum atomic E-state index is 12.3. The Labute approximate surface area is 137 Å². The van der Waals surface area contributed by atoms with Gasteiger partial charge in [-0.15, -0.1) is 0 Å². The fourth-order valence-electron chi connectivity index (χ4n) is 2.18. The smallest absolute Gasteiger partial charge is 0.265 e. The highest BCUT2D eigenvalue weighted by atomic mass is 16.5. The topological polar surface area (TPSA) is 47.6 Å². The van der Waals surface area contributed by atoms with Gasteiger partial charge in [0.05, 0.1) is 12.3 Å². The Balaban J connectivity index is 2.02. The molecule has 23 heavy (non-hydrogen) atoms. The van der Waals surface area contributed by atoms with E-state index in [4.69, 9.17) is 9.47 Å². The third kappa shape index (κ3) is 4.74. The quantitative estimate of drug-likeness (QED) is 0.838. The van der Waals surface area contributed by atoms with E-state index in [1.807, 2.05) is 55.5 Å². The molecule has 4 heteroatoms. The van der Waals surface area contributed by atoms with Crippen molar-refractivity contribution in [2.24, 2.45) is 0 Å². The minimum atomic E-state index is -0.600. The summed E-state index contributed by atoms with van der Waals surface area (Å²) in [5.41, 5.74) is 1.83. The van der Waals surface area contributed by atoms with Gasteiger partial charge in [0, 0.05) is 0 Å². The van der Waals surface area contributed by atoms with E-state index in [1.54, 1.807) is 6.92 Å². The Bertz CT molecular complexity index is 655. The molecule has 0 aliphatic heterocycles. The Hall–Kier alpha value is -2.49. The molecule has 2 rings (SSSR count). The molecule has 0 aliphatic carbocycles. The third-order valence-corrected chi connectivity index (χ3v) is 3.43. The van der Waals surface area contributed by atoms with Gasteiger partial charge in [0.15, 0.2) is 6.10 Å². The second kappa shape index (κ2) is 8.22. The van der Waals surface area contributed by atoms with E-state index >= 15 is 0 Å². The molecule has 2 aromatic carbocycles. The summed E-state index contributed by atoms with van der Waals surface area (Å²) in [6.07, 6.45) is 0.330. The fourth-order valence-corrected chi connectivity index (χ4v) is 2.18. The molecule has 1 atom stereocenters. The molecule has 4 nitrogen and oxygen atoms in total. The molecule has 1 unspecified atom stereocenters. The zero-order valence-electron chi connectivity index (χ0n) is 13.8. The van der Waals surface area contributed by atoms with Gasteiger partial charge in [-0.2, -0.15) is 0 Å². The molecule has 122 valence electrons. The molecule has 0 heterocycles. The summed E-state index contributed by atoms with van der Waals surface area (Å²) < 4.78 is 11.2. The molecular formula is C19H23NO3. The predicted molar refractivity (Wildman–Crippen MR) is 92.2 cm³/mol. The van der Waals surface area contributed by atoms with E-state index in [0.29, 0.717) is 23.8 Å². The lowest BCUT2D eigenvalue weighted by Gasteiger charge is -2.17. The van der Waals surface area contributed by atoms with Gasteiger partial charge in [-0.05, 0) is 50.1 Å². The van der Waals surface area contributed by atoms with Crippen molar-refractivity contribution in [2.75, 3.05) is 11.9 Å². The number of anilines is 1. The summed E-state index contributed by atoms with van der Waals surface area (Å²) in [7, 11) is 0. The molecule has 0 aromatic heterocycles. The van der Waals surface area contributed by atoms with E-state index in [2.05, 4.69) is 12.2 Å². The SMILES string of the molecule is CCOc1ccccc1NC(=O)C(C)Oc1cccc(CC)c1. The molecule has 0 radical (unpaired) electrons. The summed E-state index contributed by atoms with van der Waals surface area (Å²) >= 11 is 0. The van der Waals surface area contributed by atoms with Crippen LogP contribution in [0.3, 0.4) is 0 Å². The molecule has 0 fully saturated rings. The second-order valence-corrected chi connectivity index (χ2v) is 5.18. The van der Waals surface area contributed by atoms with Crippen LogP contribution in [-0.2, 0) is 11.2 Å². The lowest BCUT2D eigenvalue weighted by Crippen LogP contribution is -2.30. The molecule has 0 spiro atoms. The number of benzene rings is 2. The van der Waals surface area contributed by atoms with Crippen molar-refractivity contribution in [1.82, 2.24) is 0 Å². The number of rotatable bonds is 7. The summed E-state index contributed by atoms with van der Waals surface area (Å²) in [6, 6.07) is 15.2. The summed E-state index contributed by atoms with van der Waals surface area (Å²) in [5, 5.41) is 2.86. The fraction of sp³-hybridized carbons (Fsp3) is 0.316. The van der Waals surface area contributed by atoms with Crippen molar-refractivity contribution in [3.63, 3.8) is 0 Å². The highest BCUT2D eigenvalue weighted by Gasteiger charge is 2.16. The Morgan fingerprint density at radius 1 is 1.13 bits per heavy atom. The van der Waals surface area contributed by atoms with E-state index < -0.39 is 6.10 Å². The van der Waals surface area contributed by atoms with Crippen LogP contribution in [0.5, 0.6) is 11.5 Å². The Kier molecular flexibility index (Phi) is 6.03. The van der Waals surface area contributed by atoms with Crippen molar-refractivity contribution in [2.45, 2.75) is 33.3 Å². The normalized spacial score (nSPS) is 11.6. The average molecular weight is 313 g/mol. The average Bonchev–Trinajstić information content (AvgIpc) is 2.57. The highest BCUT2D eigenvalue weighted by Crippen LogP contribution is 2.24. The Morgan fingerprint density at radius 3 is 2.65 bits per heavy atom. The van der Waals surface area contributed by atoms with E-state index in [9.17, 15) is 4.79 Å². The van der Waals surface area contributed by atoms with Crippen LogP contribution in [-0.4, -0.2) is 18.6 Å². The number of carbonyl (C=O) groups excluding carboxylic acids is 1. The van der Waals surface area contributed by atoms with Crippen LogP contribution in [0.25, 0.3) is 0 Å². The third-order valence-electron chi connectivity index (χ3n) is 3.43. The largest absolute Gasteiger partial charge is 0.492 e. The zero-order valence-corrected chi connectivity index (χ0v) is 13.8. The maximum absolute atomic E-state index is 12.3. The lowest BCUT2D eigenvalue weighted by atomic mass is 10.2. The molecule has 0 saturated heterocycles. The lowest BCUT2D eigenvalue weighted by molar-refractivity contribution is -0.122. The van der Waals surface area contributed by atoms with E-state index in [1.165, 1.54) is 5.56 Å². The maximum Gasteiger partial charge on any atom is 0.265 e. The van der Waals surface area contributed by atoms with E-state index in [0.717, 1.165) is 6.42 Å². The van der Waals surface area contributed by atoms with Crippen LogP contribution in [0.15, 0.2) is 48.5 Å². The molecular weight excluding hydrogens is 290 g/mol. The Morgan fingerprint density at radius 2 is 1.91 bits per heavy atom. The van der Waals surface area contributed by atoms with Gasteiger partial charge < -0.3 is 14.8 Å². The predicted octanol–water partition coefficient (Wildman–Crippen LogP) is 4.05. The number of carbonyl (C=O) groups is 1. The highest BCUT2D eigenvalue weighted by molar-refractivity contribution is 5.95. The first kappa shape index (κ1) is 16.9. The summed E-state index contributed by atoms with van der Waals surface area (Å²) in [6.45, 7) is 6.27. The van der Waals surface area contributed by atoms with E-state index in [-0.39, 0.29) is 5.91 Å². The standard InChI is InChI=1S/C19H23NO3/c1-4-15-9-8-10-16(13-15)23-14(3)19(21)20-17-11-6-7-12-18(17)22-5-2/h6-14H,4-5H2,1-3H3,(H,20,21). The molecule has 0 bridgehead atoms. The summed E-state index contributed by atoms with van der Waals surface area (Å²) in [5.74, 6) is 1.15. The number of amides is 1. The van der Waals surface area contributed by atoms with Crippen molar-refractivity contribution >= 4 is 11.6 Å². The number of nitrogens with one attached hydrogen (secondary N) is 1. The number of hydrogen-bond donors (Lipinski definition) is 1. The zero-order chi connectivity index (χ0) is 16.7. The van der Waals surface area contributed by atoms with Crippen LogP contribution in [0, 0.1) is 0 Å². The van der Waals surface area contributed by atoms with Gasteiger partial charge in [0.2, 0.25) is 0 Å². The number of aryl methyl sites for hydroxylation is 1. The first-order chi connectivity index (χ1) is 11.1. The van der Waals surface area contributed by atoms with Crippen LogP contribution in [0.2, 0.25) is 0 Å². The van der Waals surface area contributed by atoms with Crippen molar-refractivity contribution < 1.29 is 14.3 Å². The molecule has 1 N–H and O–H groups in total. The van der Waals surface area contributed by atoms with Crippen LogP contribution < -0.4 is 14.8 Å². The molecule has 1 amide bonds. The monoisotopic (exact) mass is 313 g/mol. The number of hydrogen-bond acceptors (Lipinski definition) is 3. The molecule has 0 saturated carbocycles. The van der Waals surface area contributed by atoms with Gasteiger partial charge in [0.25, 0.3) is 5.91 Å². The van der Waals surface area contributed by atoms with Crippen LogP contribution in [0.1, 0.15) is 26.3 Å². The van der Waals surface area contributed by atoms with Crippen LogP contribution >= 0.6 is 0 Å². The van der Waals surface area contributed by atoms with Gasteiger partial charge in [-0.1, -0.05) is 31.2 Å². The van der Waals surface area contributed by atoms with Gasteiger partial charge in [0.1, 0.15) is 11.5 Å². The van der Waals surface area contributed by atoms with Crippen LogP contribution in [0.4, 0.5) is 5.69 Å². The number of ether oxygens (including phenoxy) is 2. The van der Waals surface area contributed by atoms with Crippen molar-refractivity contribution in [3.8, 4) is 11.5 Å². The molecule has 0 aliphatic rings. The first-order valence-corrected chi connectivity index (χ1v) is 7.92.